The Balaban J connectivity index is 1.66. The number of ether oxygens (including phenoxy) is 1. The second-order valence-corrected chi connectivity index (χ2v) is 10.1. The summed E-state index contributed by atoms with van der Waals surface area (Å²) in [7, 11) is -3.25. The fraction of sp³-hybridized carbons (Fsp3) is 0.667. The topological polar surface area (TPSA) is 84.5 Å². The predicted octanol–water partition coefficient (Wildman–Crippen LogP) is 3.17. The summed E-state index contributed by atoms with van der Waals surface area (Å²) in [5, 5.41) is 5.17. The van der Waals surface area contributed by atoms with Gasteiger partial charge < -0.3 is 10.1 Å². The van der Waals surface area contributed by atoms with Gasteiger partial charge in [-0.2, -0.15) is 0 Å². The molecule has 1 aromatic heterocycles. The number of hydrogen-bond acceptors (Lipinski definition) is 5. The van der Waals surface area contributed by atoms with Crippen LogP contribution in [0.2, 0.25) is 0 Å². The number of anilines is 1. The van der Waals surface area contributed by atoms with Crippen LogP contribution >= 0.6 is 11.3 Å². The minimum atomic E-state index is -3.25. The highest BCUT2D eigenvalue weighted by atomic mass is 32.2. The lowest BCUT2D eigenvalue weighted by Gasteiger charge is -2.23. The Morgan fingerprint density at radius 3 is 2.52 bits per heavy atom. The number of carbonyl (C=O) groups excluding carboxylic acids is 1. The van der Waals surface area contributed by atoms with Gasteiger partial charge in [0.25, 0.3) is 0 Å². The summed E-state index contributed by atoms with van der Waals surface area (Å²) in [6.07, 6.45) is 2.69. The number of rotatable bonds is 5. The highest BCUT2D eigenvalue weighted by Crippen LogP contribution is 2.48. The maximum absolute atomic E-state index is 12.0. The predicted molar refractivity (Wildman–Crippen MR) is 90.2 cm³/mol. The molecule has 0 aliphatic heterocycles. The van der Waals surface area contributed by atoms with Crippen molar-refractivity contribution in [3.05, 3.63) is 17.0 Å². The fourth-order valence-electron chi connectivity index (χ4n) is 2.35. The van der Waals surface area contributed by atoms with E-state index in [1.807, 2.05) is 32.2 Å². The molecular formula is C15H22N2O4S2. The zero-order valence-electron chi connectivity index (χ0n) is 13.5. The first-order chi connectivity index (χ1) is 10.6. The smallest absolute Gasteiger partial charge is 0.408 e. The number of alkyl carbamates (subject to hydrolysis) is 1. The van der Waals surface area contributed by atoms with Gasteiger partial charge in [-0.15, -0.1) is 11.3 Å². The van der Waals surface area contributed by atoms with Crippen molar-refractivity contribution in [1.29, 1.82) is 0 Å². The van der Waals surface area contributed by atoms with Crippen molar-refractivity contribution in [2.75, 3.05) is 4.72 Å². The number of amides is 1. The normalized spacial score (nSPS) is 20.0. The molecule has 0 unspecified atom stereocenters. The lowest BCUT2D eigenvalue weighted by atomic mass is 10.1. The summed E-state index contributed by atoms with van der Waals surface area (Å²) in [6.45, 7) is 5.46. The molecule has 23 heavy (non-hydrogen) atoms. The summed E-state index contributed by atoms with van der Waals surface area (Å²) < 4.78 is 31.9. The highest BCUT2D eigenvalue weighted by molar-refractivity contribution is 7.93. The van der Waals surface area contributed by atoms with E-state index >= 15 is 0 Å². The third-order valence-corrected chi connectivity index (χ3v) is 6.68. The number of nitrogens with one attached hydrogen (secondary N) is 2. The molecular weight excluding hydrogens is 336 g/mol. The minimum absolute atomic E-state index is 0.247. The average molecular weight is 358 g/mol. The number of hydrogen-bond donors (Lipinski definition) is 2. The van der Waals surface area contributed by atoms with Gasteiger partial charge in [0, 0.05) is 0 Å². The van der Waals surface area contributed by atoms with E-state index in [9.17, 15) is 13.2 Å². The Morgan fingerprint density at radius 1 is 1.35 bits per heavy atom. The summed E-state index contributed by atoms with van der Waals surface area (Å²) in [6, 6.07) is 1.81. The summed E-state index contributed by atoms with van der Waals surface area (Å²) >= 11 is 1.35. The molecule has 0 atom stereocenters. The number of sulfonamides is 1. The molecule has 6 nitrogen and oxygen atoms in total. The van der Waals surface area contributed by atoms with Crippen LogP contribution in [0.25, 0.3) is 0 Å². The van der Waals surface area contributed by atoms with Gasteiger partial charge in [-0.05, 0) is 63.5 Å². The molecule has 8 heteroatoms. The van der Waals surface area contributed by atoms with Crippen LogP contribution in [0, 0.1) is 0 Å². The van der Waals surface area contributed by atoms with Crippen molar-refractivity contribution >= 4 is 32.5 Å². The van der Waals surface area contributed by atoms with Gasteiger partial charge in [0.15, 0.2) is 0 Å². The maximum Gasteiger partial charge on any atom is 0.408 e. The van der Waals surface area contributed by atoms with Crippen molar-refractivity contribution in [1.82, 2.24) is 5.32 Å². The molecule has 0 bridgehead atoms. The van der Waals surface area contributed by atoms with E-state index < -0.39 is 27.3 Å². The van der Waals surface area contributed by atoms with Crippen LogP contribution < -0.4 is 10.0 Å². The van der Waals surface area contributed by atoms with E-state index in [4.69, 9.17) is 4.74 Å². The molecule has 1 heterocycles. The van der Waals surface area contributed by atoms with Gasteiger partial charge in [-0.25, -0.2) is 13.2 Å². The van der Waals surface area contributed by atoms with Crippen LogP contribution in [-0.4, -0.2) is 25.4 Å². The van der Waals surface area contributed by atoms with Crippen LogP contribution in [-0.2, 0) is 20.3 Å². The van der Waals surface area contributed by atoms with Gasteiger partial charge >= 0.3 is 6.09 Å². The van der Waals surface area contributed by atoms with Crippen LogP contribution in [0.3, 0.4) is 0 Å². The van der Waals surface area contributed by atoms with E-state index in [-0.39, 0.29) is 5.25 Å². The largest absolute Gasteiger partial charge is 0.444 e. The Bertz CT molecular complexity index is 710. The Hall–Kier alpha value is -1.28. The van der Waals surface area contributed by atoms with Crippen molar-refractivity contribution in [3.8, 4) is 0 Å². The van der Waals surface area contributed by atoms with E-state index in [2.05, 4.69) is 10.0 Å². The van der Waals surface area contributed by atoms with Crippen LogP contribution in [0.4, 0.5) is 9.80 Å². The second kappa shape index (κ2) is 5.37. The molecule has 0 aromatic carbocycles. The molecule has 0 saturated heterocycles. The van der Waals surface area contributed by atoms with Crippen LogP contribution in [0.1, 0.15) is 52.0 Å². The van der Waals surface area contributed by atoms with E-state index in [1.54, 1.807) is 0 Å². The molecule has 2 aliphatic rings. The van der Waals surface area contributed by atoms with Crippen LogP contribution in [0.5, 0.6) is 0 Å². The van der Waals surface area contributed by atoms with Gasteiger partial charge in [-0.1, -0.05) is 0 Å². The standard InChI is InChI=1S/C15H22N2O4S2/c1-14(2,3)21-13(18)16-15(6-7-15)10-8-12(22-9-10)17-23(19,20)11-4-5-11/h8-9,11,17H,4-7H2,1-3H3,(H,16,18). The molecule has 3 rings (SSSR count). The Labute approximate surface area is 140 Å². The van der Waals surface area contributed by atoms with E-state index in [0.29, 0.717) is 5.00 Å². The Kier molecular flexibility index (Phi) is 3.87. The Morgan fingerprint density at radius 2 is 2.00 bits per heavy atom. The van der Waals surface area contributed by atoms with Gasteiger partial charge in [-0.3, -0.25) is 4.72 Å². The SMILES string of the molecule is CC(C)(C)OC(=O)NC1(c2csc(NS(=O)(=O)C3CC3)c2)CC1. The molecule has 2 saturated carbocycles. The quantitative estimate of drug-likeness (QED) is 0.847. The molecule has 0 spiro atoms. The average Bonchev–Trinajstić information content (AvgIpc) is 3.28. The summed E-state index contributed by atoms with van der Waals surface area (Å²) in [5.41, 5.74) is -0.0241. The van der Waals surface area contributed by atoms with Gasteiger partial charge in [0.2, 0.25) is 10.0 Å². The first kappa shape index (κ1) is 16.6. The molecule has 1 aromatic rings. The molecule has 2 N–H and O–H groups in total. The monoisotopic (exact) mass is 358 g/mol. The maximum atomic E-state index is 12.0. The van der Waals surface area contributed by atoms with E-state index in [0.717, 1.165) is 31.2 Å². The highest BCUT2D eigenvalue weighted by Gasteiger charge is 2.47. The van der Waals surface area contributed by atoms with Gasteiger partial charge in [0.05, 0.1) is 10.8 Å². The van der Waals surface area contributed by atoms with Gasteiger partial charge in [0.1, 0.15) is 10.6 Å². The molecule has 128 valence electrons. The van der Waals surface area contributed by atoms with Crippen molar-refractivity contribution in [2.24, 2.45) is 0 Å². The van der Waals surface area contributed by atoms with E-state index in [1.165, 1.54) is 11.3 Å². The first-order valence-electron chi connectivity index (χ1n) is 7.71. The fourth-order valence-corrected chi connectivity index (χ4v) is 4.90. The lowest BCUT2D eigenvalue weighted by molar-refractivity contribution is 0.0495. The number of carbonyl (C=O) groups is 1. The second-order valence-electron chi connectivity index (χ2n) is 7.26. The minimum Gasteiger partial charge on any atom is -0.444 e. The molecule has 1 amide bonds. The molecule has 0 radical (unpaired) electrons. The third-order valence-electron chi connectivity index (χ3n) is 3.85. The third kappa shape index (κ3) is 3.98. The van der Waals surface area contributed by atoms with Crippen molar-refractivity contribution in [3.63, 3.8) is 0 Å². The molecule has 2 aliphatic carbocycles. The van der Waals surface area contributed by atoms with Crippen molar-refractivity contribution < 1.29 is 17.9 Å². The van der Waals surface area contributed by atoms with Crippen molar-refractivity contribution in [2.45, 2.75) is 62.8 Å². The summed E-state index contributed by atoms with van der Waals surface area (Å²) in [4.78, 5) is 12.0. The number of thiophene rings is 1. The van der Waals surface area contributed by atoms with Crippen LogP contribution in [0.15, 0.2) is 11.4 Å². The summed E-state index contributed by atoms with van der Waals surface area (Å²) in [5.74, 6) is 0. The zero-order valence-corrected chi connectivity index (χ0v) is 15.1. The lowest BCUT2D eigenvalue weighted by Crippen LogP contribution is -2.39. The molecule has 2 fully saturated rings. The zero-order chi connectivity index (χ0) is 16.9. The first-order valence-corrected chi connectivity index (χ1v) is 10.1.